The minimum Gasteiger partial charge on any atom is -0.340 e. The molecule has 1 heterocycles. The van der Waals surface area contributed by atoms with E-state index in [9.17, 15) is 9.59 Å². The third-order valence-electron chi connectivity index (χ3n) is 6.18. The molecule has 2 amide bonds. The molecule has 1 N–H and O–H groups in total. The summed E-state index contributed by atoms with van der Waals surface area (Å²) in [6.45, 7) is 1.70. The van der Waals surface area contributed by atoms with Gasteiger partial charge >= 0.3 is 0 Å². The van der Waals surface area contributed by atoms with Gasteiger partial charge in [-0.2, -0.15) is 0 Å². The molecule has 0 unspecified atom stereocenters. The van der Waals surface area contributed by atoms with Gasteiger partial charge in [-0.15, -0.1) is 0 Å². The molecule has 3 aromatic rings. The van der Waals surface area contributed by atoms with Crippen molar-refractivity contribution in [3.05, 3.63) is 108 Å². The van der Waals surface area contributed by atoms with Gasteiger partial charge in [0.1, 0.15) is 6.04 Å². The first-order valence-electron chi connectivity index (χ1n) is 11.5. The summed E-state index contributed by atoms with van der Waals surface area (Å²) in [4.78, 5) is 30.7. The topological polar surface area (TPSA) is 52.7 Å². The fourth-order valence-electron chi connectivity index (χ4n) is 4.43. The molecule has 0 radical (unpaired) electrons. The number of hydrogen-bond donors (Lipinski definition) is 1. The average Bonchev–Trinajstić information content (AvgIpc) is 2.85. The lowest BCUT2D eigenvalue weighted by atomic mass is 9.98. The predicted octanol–water partition coefficient (Wildman–Crippen LogP) is 3.30. The summed E-state index contributed by atoms with van der Waals surface area (Å²) in [5.41, 5.74) is 3.23. The fourth-order valence-corrected chi connectivity index (χ4v) is 4.43. The van der Waals surface area contributed by atoms with Crippen LogP contribution in [0.15, 0.2) is 91.0 Å². The van der Waals surface area contributed by atoms with E-state index >= 15 is 0 Å². The van der Waals surface area contributed by atoms with E-state index in [2.05, 4.69) is 5.32 Å². The predicted molar refractivity (Wildman–Crippen MR) is 130 cm³/mol. The largest absolute Gasteiger partial charge is 0.340 e. The molecule has 0 aliphatic carbocycles. The van der Waals surface area contributed by atoms with Gasteiger partial charge in [0.15, 0.2) is 0 Å². The molecule has 0 saturated carbocycles. The second-order valence-electron chi connectivity index (χ2n) is 8.61. The molecule has 1 saturated heterocycles. The van der Waals surface area contributed by atoms with Crippen molar-refractivity contribution in [2.75, 3.05) is 20.1 Å². The van der Waals surface area contributed by atoms with E-state index in [1.807, 2.05) is 98.0 Å². The molecular formula is C28H31N3O2. The Labute approximate surface area is 196 Å². The van der Waals surface area contributed by atoms with Crippen LogP contribution in [0.2, 0.25) is 0 Å². The van der Waals surface area contributed by atoms with Crippen LogP contribution in [-0.2, 0) is 29.0 Å². The summed E-state index contributed by atoms with van der Waals surface area (Å²) in [6, 6.07) is 29.1. The highest BCUT2D eigenvalue weighted by Crippen LogP contribution is 2.18. The van der Waals surface area contributed by atoms with E-state index in [0.717, 1.165) is 16.7 Å². The van der Waals surface area contributed by atoms with E-state index in [-0.39, 0.29) is 17.9 Å². The van der Waals surface area contributed by atoms with Crippen LogP contribution in [0.25, 0.3) is 0 Å². The Kier molecular flexibility index (Phi) is 7.53. The molecule has 33 heavy (non-hydrogen) atoms. The zero-order chi connectivity index (χ0) is 23.0. The van der Waals surface area contributed by atoms with Gasteiger partial charge in [-0.05, 0) is 23.1 Å². The number of carbonyl (C=O) groups is 2. The summed E-state index contributed by atoms with van der Waals surface area (Å²) >= 11 is 0. The van der Waals surface area contributed by atoms with Crippen LogP contribution < -0.4 is 5.32 Å². The van der Waals surface area contributed by atoms with Gasteiger partial charge in [0, 0.05) is 33.1 Å². The second kappa shape index (κ2) is 10.9. The summed E-state index contributed by atoms with van der Waals surface area (Å²) in [5.74, 6) is -0.0380. The smallest absolute Gasteiger partial charge is 0.245 e. The number of piperazine rings is 1. The Hall–Kier alpha value is -3.44. The highest BCUT2D eigenvalue weighted by atomic mass is 16.2. The molecule has 0 aromatic heterocycles. The molecule has 4 rings (SSSR count). The van der Waals surface area contributed by atoms with Crippen molar-refractivity contribution >= 4 is 11.8 Å². The van der Waals surface area contributed by atoms with Crippen LogP contribution in [0.4, 0.5) is 0 Å². The maximum absolute atomic E-state index is 13.7. The molecule has 1 fully saturated rings. The van der Waals surface area contributed by atoms with Crippen molar-refractivity contribution in [2.45, 2.75) is 31.5 Å². The normalized spacial score (nSPS) is 16.9. The number of benzene rings is 3. The third-order valence-corrected chi connectivity index (χ3v) is 6.18. The molecule has 1 aliphatic heterocycles. The van der Waals surface area contributed by atoms with Crippen molar-refractivity contribution in [1.82, 2.24) is 15.1 Å². The lowest BCUT2D eigenvalue weighted by Crippen LogP contribution is -2.62. The first kappa shape index (κ1) is 22.7. The first-order chi connectivity index (χ1) is 16.1. The Bertz CT molecular complexity index is 1040. The van der Waals surface area contributed by atoms with Crippen LogP contribution >= 0.6 is 0 Å². The summed E-state index contributed by atoms with van der Waals surface area (Å²) < 4.78 is 0. The number of hydrogen-bond acceptors (Lipinski definition) is 3. The summed E-state index contributed by atoms with van der Waals surface area (Å²) in [7, 11) is 1.82. The number of amides is 2. The molecule has 170 valence electrons. The molecule has 5 heteroatoms. The van der Waals surface area contributed by atoms with E-state index in [4.69, 9.17) is 0 Å². The van der Waals surface area contributed by atoms with Gasteiger partial charge in [0.25, 0.3) is 0 Å². The Morgan fingerprint density at radius 3 is 2.06 bits per heavy atom. The van der Waals surface area contributed by atoms with Gasteiger partial charge in [-0.25, -0.2) is 0 Å². The van der Waals surface area contributed by atoms with E-state index in [1.165, 1.54) is 0 Å². The highest BCUT2D eigenvalue weighted by Gasteiger charge is 2.37. The van der Waals surface area contributed by atoms with Crippen molar-refractivity contribution < 1.29 is 9.59 Å². The first-order valence-corrected chi connectivity index (χ1v) is 11.5. The minimum absolute atomic E-state index is 0.00695. The quantitative estimate of drug-likeness (QED) is 0.584. The van der Waals surface area contributed by atoms with Crippen LogP contribution in [0, 0.1) is 0 Å². The third kappa shape index (κ3) is 5.88. The molecule has 0 spiro atoms. The number of likely N-dealkylation sites (N-methyl/N-ethyl adjacent to an activating group) is 1. The number of nitrogens with zero attached hydrogens (tertiary/aromatic N) is 2. The van der Waals surface area contributed by atoms with Crippen molar-refractivity contribution in [3.8, 4) is 0 Å². The lowest BCUT2D eigenvalue weighted by Gasteiger charge is -2.39. The zero-order valence-corrected chi connectivity index (χ0v) is 19.1. The van der Waals surface area contributed by atoms with Crippen LogP contribution in [0.3, 0.4) is 0 Å². The van der Waals surface area contributed by atoms with Gasteiger partial charge in [0.05, 0.1) is 6.04 Å². The average molecular weight is 442 g/mol. The molecule has 2 atom stereocenters. The van der Waals surface area contributed by atoms with Crippen molar-refractivity contribution in [3.63, 3.8) is 0 Å². The Morgan fingerprint density at radius 2 is 1.45 bits per heavy atom. The van der Waals surface area contributed by atoms with Crippen LogP contribution in [0.5, 0.6) is 0 Å². The monoisotopic (exact) mass is 441 g/mol. The standard InChI is InChI=1S/C28H31N3O2/c1-30(21-24-15-9-4-10-16-24)28(33)26(20-23-13-7-3-8-14-23)31-18-17-29-25(27(31)32)19-22-11-5-2-6-12-22/h2-16,25-26,29H,17-21H2,1H3/t25-,26-/m1/s1. The SMILES string of the molecule is CN(Cc1ccccc1)C(=O)[C@@H](Cc1ccccc1)N1CCN[C@H](Cc2ccccc2)C1=O. The number of nitrogens with one attached hydrogen (secondary N) is 1. The van der Waals surface area contributed by atoms with Gasteiger partial charge in [-0.1, -0.05) is 91.0 Å². The molecule has 1 aliphatic rings. The van der Waals surface area contributed by atoms with Crippen molar-refractivity contribution in [2.24, 2.45) is 0 Å². The van der Waals surface area contributed by atoms with E-state index < -0.39 is 6.04 Å². The molecule has 0 bridgehead atoms. The fraction of sp³-hybridized carbons (Fsp3) is 0.286. The summed E-state index contributed by atoms with van der Waals surface area (Å²) in [6.07, 6.45) is 1.12. The maximum Gasteiger partial charge on any atom is 0.245 e. The van der Waals surface area contributed by atoms with Crippen LogP contribution in [-0.4, -0.2) is 53.8 Å². The number of rotatable bonds is 8. The summed E-state index contributed by atoms with van der Waals surface area (Å²) in [5, 5.41) is 3.36. The molecule has 5 nitrogen and oxygen atoms in total. The Balaban J connectivity index is 1.55. The van der Waals surface area contributed by atoms with Gasteiger partial charge < -0.3 is 15.1 Å². The van der Waals surface area contributed by atoms with E-state index in [1.54, 1.807) is 9.80 Å². The Morgan fingerprint density at radius 1 is 0.909 bits per heavy atom. The highest BCUT2D eigenvalue weighted by molar-refractivity contribution is 5.90. The van der Waals surface area contributed by atoms with E-state index in [0.29, 0.717) is 32.5 Å². The van der Waals surface area contributed by atoms with Gasteiger partial charge in [-0.3, -0.25) is 9.59 Å². The van der Waals surface area contributed by atoms with Crippen LogP contribution in [0.1, 0.15) is 16.7 Å². The maximum atomic E-state index is 13.7. The van der Waals surface area contributed by atoms with Gasteiger partial charge in [0.2, 0.25) is 11.8 Å². The minimum atomic E-state index is -0.533. The zero-order valence-electron chi connectivity index (χ0n) is 19.1. The molecular weight excluding hydrogens is 410 g/mol. The van der Waals surface area contributed by atoms with Crippen molar-refractivity contribution in [1.29, 1.82) is 0 Å². The lowest BCUT2D eigenvalue weighted by molar-refractivity contribution is -0.148. The second-order valence-corrected chi connectivity index (χ2v) is 8.61. The molecule has 3 aromatic carbocycles. The number of carbonyl (C=O) groups excluding carboxylic acids is 2.